The summed E-state index contributed by atoms with van der Waals surface area (Å²) in [6.07, 6.45) is -5.60. The fourth-order valence-corrected chi connectivity index (χ4v) is 0.514. The highest BCUT2D eigenvalue weighted by atomic mass is 19.4. The zero-order valence-corrected chi connectivity index (χ0v) is 6.93. The molecule has 80 valence electrons. The summed E-state index contributed by atoms with van der Waals surface area (Å²) in [6, 6.07) is 0. The topological polar surface area (TPSA) is 63.6 Å². The number of carboxylic acids is 1. The molecule has 0 saturated carbocycles. The van der Waals surface area contributed by atoms with Gasteiger partial charge in [0.25, 0.3) is 0 Å². The second kappa shape index (κ2) is 4.64. The van der Waals surface area contributed by atoms with E-state index in [0.717, 1.165) is 0 Å². The summed E-state index contributed by atoms with van der Waals surface area (Å²) in [5, 5.41) is 8.19. The lowest BCUT2D eigenvalue weighted by molar-refractivity contribution is -0.198. The number of hydrogen-bond donors (Lipinski definition) is 1. The SMILES string of the molecule is C=C(COC(=O)C(F)(F)F)CC(=O)O. The maximum absolute atomic E-state index is 11.5. The first kappa shape index (κ1) is 12.5. The molecule has 7 heteroatoms. The Balaban J connectivity index is 3.90. The highest BCUT2D eigenvalue weighted by molar-refractivity contribution is 5.76. The first-order valence-electron chi connectivity index (χ1n) is 3.36. The van der Waals surface area contributed by atoms with Crippen molar-refractivity contribution >= 4 is 11.9 Å². The third-order valence-corrected chi connectivity index (χ3v) is 1.04. The van der Waals surface area contributed by atoms with Gasteiger partial charge < -0.3 is 9.84 Å². The van der Waals surface area contributed by atoms with Crippen LogP contribution in [0.3, 0.4) is 0 Å². The smallest absolute Gasteiger partial charge is 0.481 e. The van der Waals surface area contributed by atoms with E-state index in [0.29, 0.717) is 0 Å². The summed E-state index contributed by atoms with van der Waals surface area (Å²) in [7, 11) is 0. The van der Waals surface area contributed by atoms with Gasteiger partial charge in [0.2, 0.25) is 0 Å². The van der Waals surface area contributed by atoms with Crippen LogP contribution in [0.5, 0.6) is 0 Å². The minimum atomic E-state index is -5.07. The van der Waals surface area contributed by atoms with Gasteiger partial charge in [-0.25, -0.2) is 4.79 Å². The van der Waals surface area contributed by atoms with E-state index in [2.05, 4.69) is 11.3 Å². The molecule has 0 bridgehead atoms. The maximum atomic E-state index is 11.5. The van der Waals surface area contributed by atoms with Crippen LogP contribution in [0, 0.1) is 0 Å². The predicted octanol–water partition coefficient (Wildman–Crippen LogP) is 1.12. The van der Waals surface area contributed by atoms with E-state index < -0.39 is 31.1 Å². The van der Waals surface area contributed by atoms with Crippen LogP contribution in [0.1, 0.15) is 6.42 Å². The highest BCUT2D eigenvalue weighted by Gasteiger charge is 2.40. The molecular weight excluding hydrogens is 205 g/mol. The number of alkyl halides is 3. The lowest BCUT2D eigenvalue weighted by Crippen LogP contribution is -2.26. The molecule has 0 atom stereocenters. The van der Waals surface area contributed by atoms with E-state index in [9.17, 15) is 22.8 Å². The monoisotopic (exact) mass is 212 g/mol. The molecule has 0 aromatic carbocycles. The van der Waals surface area contributed by atoms with Crippen LogP contribution in [0.2, 0.25) is 0 Å². The predicted molar refractivity (Wildman–Crippen MR) is 38.4 cm³/mol. The average Bonchev–Trinajstić information content (AvgIpc) is 1.96. The van der Waals surface area contributed by atoms with Crippen molar-refractivity contribution in [3.8, 4) is 0 Å². The number of halogens is 3. The summed E-state index contributed by atoms with van der Waals surface area (Å²) in [5.74, 6) is -3.61. The van der Waals surface area contributed by atoms with Gasteiger partial charge in [-0.15, -0.1) is 0 Å². The molecule has 0 fully saturated rings. The van der Waals surface area contributed by atoms with Crippen LogP contribution in [0.15, 0.2) is 12.2 Å². The molecule has 0 rings (SSSR count). The van der Waals surface area contributed by atoms with Crippen LogP contribution in [0.25, 0.3) is 0 Å². The quantitative estimate of drug-likeness (QED) is 0.560. The Morgan fingerprint density at radius 2 is 1.86 bits per heavy atom. The Morgan fingerprint density at radius 1 is 1.36 bits per heavy atom. The molecular formula is C7H7F3O4. The van der Waals surface area contributed by atoms with E-state index in [-0.39, 0.29) is 5.57 Å². The van der Waals surface area contributed by atoms with Gasteiger partial charge in [0, 0.05) is 0 Å². The summed E-state index contributed by atoms with van der Waals surface area (Å²) in [5.41, 5.74) is -0.116. The van der Waals surface area contributed by atoms with Crippen LogP contribution < -0.4 is 0 Å². The fraction of sp³-hybridized carbons (Fsp3) is 0.429. The van der Waals surface area contributed by atoms with E-state index in [1.807, 2.05) is 0 Å². The Labute approximate surface area is 77.0 Å². The molecule has 1 N–H and O–H groups in total. The summed E-state index contributed by atoms with van der Waals surface area (Å²) in [4.78, 5) is 20.1. The third kappa shape index (κ3) is 5.18. The van der Waals surface area contributed by atoms with E-state index >= 15 is 0 Å². The summed E-state index contributed by atoms with van der Waals surface area (Å²) in [6.45, 7) is 2.38. The number of aliphatic carboxylic acids is 1. The number of carbonyl (C=O) groups is 2. The molecule has 0 aromatic heterocycles. The zero-order chi connectivity index (χ0) is 11.4. The molecule has 0 aliphatic carbocycles. The molecule has 4 nitrogen and oxygen atoms in total. The number of rotatable bonds is 4. The molecule has 0 heterocycles. The fourth-order valence-electron chi connectivity index (χ4n) is 0.514. The van der Waals surface area contributed by atoms with Crippen molar-refractivity contribution < 1.29 is 32.6 Å². The van der Waals surface area contributed by atoms with Gasteiger partial charge in [-0.1, -0.05) is 6.58 Å². The Morgan fingerprint density at radius 3 is 2.21 bits per heavy atom. The number of carbonyl (C=O) groups excluding carboxylic acids is 1. The summed E-state index contributed by atoms with van der Waals surface area (Å²) >= 11 is 0. The standard InChI is InChI=1S/C7H7F3O4/c1-4(2-5(11)12)3-14-6(13)7(8,9)10/h1-3H2,(H,11,12). The van der Waals surface area contributed by atoms with Crippen molar-refractivity contribution in [2.24, 2.45) is 0 Å². The third-order valence-electron chi connectivity index (χ3n) is 1.04. The van der Waals surface area contributed by atoms with Crippen LogP contribution in [-0.2, 0) is 14.3 Å². The van der Waals surface area contributed by atoms with Gasteiger partial charge in [-0.05, 0) is 5.57 Å². The second-order valence-corrected chi connectivity index (χ2v) is 2.39. The molecule has 0 aliphatic rings. The molecule has 0 radical (unpaired) electrons. The average molecular weight is 212 g/mol. The maximum Gasteiger partial charge on any atom is 0.490 e. The van der Waals surface area contributed by atoms with Crippen molar-refractivity contribution in [3.05, 3.63) is 12.2 Å². The molecule has 0 saturated heterocycles. The largest absolute Gasteiger partial charge is 0.490 e. The lowest BCUT2D eigenvalue weighted by Gasteiger charge is -2.07. The molecule has 0 aliphatic heterocycles. The van der Waals surface area contributed by atoms with Gasteiger partial charge in [0.05, 0.1) is 6.42 Å². The molecule has 0 amide bonds. The Bertz CT molecular complexity index is 256. The highest BCUT2D eigenvalue weighted by Crippen LogP contribution is 2.16. The lowest BCUT2D eigenvalue weighted by atomic mass is 10.2. The van der Waals surface area contributed by atoms with Crippen molar-refractivity contribution in [1.82, 2.24) is 0 Å². The molecule has 0 spiro atoms. The second-order valence-electron chi connectivity index (χ2n) is 2.39. The number of hydrogen-bond acceptors (Lipinski definition) is 3. The molecule has 0 aromatic rings. The van der Waals surface area contributed by atoms with E-state index in [1.165, 1.54) is 0 Å². The minimum Gasteiger partial charge on any atom is -0.481 e. The van der Waals surface area contributed by atoms with Crippen molar-refractivity contribution in [3.63, 3.8) is 0 Å². The molecule has 14 heavy (non-hydrogen) atoms. The zero-order valence-electron chi connectivity index (χ0n) is 6.93. The normalized spacial score (nSPS) is 10.8. The van der Waals surface area contributed by atoms with Gasteiger partial charge in [-0.3, -0.25) is 4.79 Å². The number of esters is 1. The van der Waals surface area contributed by atoms with E-state index in [4.69, 9.17) is 5.11 Å². The van der Waals surface area contributed by atoms with Crippen molar-refractivity contribution in [2.45, 2.75) is 12.6 Å². The van der Waals surface area contributed by atoms with Gasteiger partial charge in [0.1, 0.15) is 6.61 Å². The Hall–Kier alpha value is -1.53. The first-order chi connectivity index (χ1) is 6.23. The Kier molecular flexibility index (Phi) is 4.13. The number of ether oxygens (including phenoxy) is 1. The first-order valence-corrected chi connectivity index (χ1v) is 3.36. The molecule has 0 unspecified atom stereocenters. The minimum absolute atomic E-state index is 0.116. The van der Waals surface area contributed by atoms with Crippen LogP contribution >= 0.6 is 0 Å². The summed E-state index contributed by atoms with van der Waals surface area (Å²) < 4.78 is 38.4. The van der Waals surface area contributed by atoms with Gasteiger partial charge in [0.15, 0.2) is 0 Å². The van der Waals surface area contributed by atoms with Gasteiger partial charge in [-0.2, -0.15) is 13.2 Å². The van der Waals surface area contributed by atoms with Crippen LogP contribution in [0.4, 0.5) is 13.2 Å². The van der Waals surface area contributed by atoms with Crippen LogP contribution in [-0.4, -0.2) is 29.8 Å². The number of carboxylic acid groups (broad SMARTS) is 1. The van der Waals surface area contributed by atoms with Gasteiger partial charge >= 0.3 is 18.1 Å². The van der Waals surface area contributed by atoms with E-state index in [1.54, 1.807) is 0 Å². The van der Waals surface area contributed by atoms with Crippen molar-refractivity contribution in [1.29, 1.82) is 0 Å². The van der Waals surface area contributed by atoms with Crippen molar-refractivity contribution in [2.75, 3.05) is 6.61 Å².